The lowest BCUT2D eigenvalue weighted by atomic mass is 10.0. The highest BCUT2D eigenvalue weighted by Crippen LogP contribution is 2.12. The summed E-state index contributed by atoms with van der Waals surface area (Å²) in [6.45, 7) is 4.02. The second kappa shape index (κ2) is 7.84. The lowest BCUT2D eigenvalue weighted by Gasteiger charge is -2.06. The van der Waals surface area contributed by atoms with E-state index in [4.69, 9.17) is 5.11 Å². The number of carboxylic acids is 1. The Kier molecular flexibility index (Phi) is 7.36. The lowest BCUT2D eigenvalue weighted by Crippen LogP contribution is -2.10. The van der Waals surface area contributed by atoms with E-state index in [1.54, 1.807) is 6.08 Å². The molecule has 0 spiro atoms. The van der Waals surface area contributed by atoms with E-state index in [1.807, 2.05) is 13.0 Å². The Hall–Kier alpha value is -0.790. The second-order valence-electron chi connectivity index (χ2n) is 3.32. The zero-order chi connectivity index (χ0) is 10.1. The first-order valence-corrected chi connectivity index (χ1v) is 5.08. The van der Waals surface area contributed by atoms with Crippen molar-refractivity contribution >= 4 is 5.97 Å². The van der Waals surface area contributed by atoms with Crippen LogP contribution in [0.25, 0.3) is 0 Å². The summed E-state index contributed by atoms with van der Waals surface area (Å²) >= 11 is 0. The van der Waals surface area contributed by atoms with Crippen LogP contribution in [0.4, 0.5) is 0 Å². The van der Waals surface area contributed by atoms with Crippen molar-refractivity contribution in [1.82, 2.24) is 0 Å². The molecule has 0 aliphatic carbocycles. The molecule has 0 aromatic carbocycles. The minimum Gasteiger partial charge on any atom is -0.481 e. The predicted octanol–water partition coefficient (Wildman–Crippen LogP) is 3.23. The molecule has 13 heavy (non-hydrogen) atoms. The zero-order valence-corrected chi connectivity index (χ0v) is 8.62. The fourth-order valence-electron chi connectivity index (χ4n) is 1.33. The van der Waals surface area contributed by atoms with Crippen LogP contribution in [0.15, 0.2) is 12.2 Å². The molecular formula is C11H20O2. The van der Waals surface area contributed by atoms with Gasteiger partial charge in [0.25, 0.3) is 0 Å². The van der Waals surface area contributed by atoms with Crippen LogP contribution in [0.5, 0.6) is 0 Å². The maximum Gasteiger partial charge on any atom is 0.310 e. The maximum atomic E-state index is 10.7. The van der Waals surface area contributed by atoms with Crippen LogP contribution in [0, 0.1) is 5.92 Å². The molecular weight excluding hydrogens is 164 g/mol. The number of hydrogen-bond acceptors (Lipinski definition) is 1. The van der Waals surface area contributed by atoms with Crippen LogP contribution < -0.4 is 0 Å². The number of carbonyl (C=O) groups is 1. The second-order valence-corrected chi connectivity index (χ2v) is 3.32. The molecule has 76 valence electrons. The van der Waals surface area contributed by atoms with Crippen LogP contribution in [0.3, 0.4) is 0 Å². The normalized spacial score (nSPS) is 13.4. The molecule has 0 aromatic heterocycles. The van der Waals surface area contributed by atoms with E-state index in [0.29, 0.717) is 0 Å². The molecule has 0 rings (SSSR count). The molecule has 0 fully saturated rings. The summed E-state index contributed by atoms with van der Waals surface area (Å²) in [7, 11) is 0. The van der Waals surface area contributed by atoms with Gasteiger partial charge in [-0.2, -0.15) is 0 Å². The fraction of sp³-hybridized carbons (Fsp3) is 0.727. The van der Waals surface area contributed by atoms with Gasteiger partial charge in [-0.05, 0) is 13.3 Å². The van der Waals surface area contributed by atoms with Crippen LogP contribution in [0.1, 0.15) is 46.0 Å². The van der Waals surface area contributed by atoms with Crippen molar-refractivity contribution in [1.29, 1.82) is 0 Å². The highest BCUT2D eigenvalue weighted by molar-refractivity contribution is 5.71. The molecule has 0 aliphatic heterocycles. The van der Waals surface area contributed by atoms with E-state index >= 15 is 0 Å². The van der Waals surface area contributed by atoms with Crippen molar-refractivity contribution in [2.45, 2.75) is 46.0 Å². The molecule has 0 saturated heterocycles. The maximum absolute atomic E-state index is 10.7. The number of aliphatic carboxylic acids is 1. The van der Waals surface area contributed by atoms with E-state index in [0.717, 1.165) is 19.3 Å². The smallest absolute Gasteiger partial charge is 0.310 e. The molecule has 1 N–H and O–H groups in total. The first-order chi connectivity index (χ1) is 6.22. The van der Waals surface area contributed by atoms with Crippen molar-refractivity contribution < 1.29 is 9.90 Å². The number of hydrogen-bond donors (Lipinski definition) is 1. The number of unbranched alkanes of at least 4 members (excludes halogenated alkanes) is 3. The van der Waals surface area contributed by atoms with Gasteiger partial charge in [0.2, 0.25) is 0 Å². The van der Waals surface area contributed by atoms with Gasteiger partial charge in [-0.1, -0.05) is 44.8 Å². The minimum atomic E-state index is -0.699. The summed E-state index contributed by atoms with van der Waals surface area (Å²) in [5, 5.41) is 8.81. The van der Waals surface area contributed by atoms with Gasteiger partial charge in [-0.15, -0.1) is 0 Å². The Labute approximate surface area is 80.7 Å². The standard InChI is InChI=1S/C11H20O2/c1-3-5-6-7-9-10(8-4-2)11(12)13/h4,8,10H,3,5-7,9H2,1-2H3,(H,12,13)/b8-4-. The topological polar surface area (TPSA) is 37.3 Å². The molecule has 2 nitrogen and oxygen atoms in total. The quantitative estimate of drug-likeness (QED) is 0.487. The fourth-order valence-corrected chi connectivity index (χ4v) is 1.33. The van der Waals surface area contributed by atoms with Gasteiger partial charge in [0.1, 0.15) is 0 Å². The third kappa shape index (κ3) is 6.38. The van der Waals surface area contributed by atoms with Gasteiger partial charge in [-0.3, -0.25) is 4.79 Å². The summed E-state index contributed by atoms with van der Waals surface area (Å²) in [5.41, 5.74) is 0. The highest BCUT2D eigenvalue weighted by atomic mass is 16.4. The third-order valence-corrected chi connectivity index (χ3v) is 2.11. The highest BCUT2D eigenvalue weighted by Gasteiger charge is 2.11. The average molecular weight is 184 g/mol. The molecule has 0 heterocycles. The largest absolute Gasteiger partial charge is 0.481 e. The molecule has 0 radical (unpaired) electrons. The van der Waals surface area contributed by atoms with Gasteiger partial charge in [0.15, 0.2) is 0 Å². The molecule has 0 amide bonds. The third-order valence-electron chi connectivity index (χ3n) is 2.11. The SMILES string of the molecule is C/C=C\C(CCCCCC)C(=O)O. The van der Waals surface area contributed by atoms with Crippen LogP contribution >= 0.6 is 0 Å². The van der Waals surface area contributed by atoms with Crippen molar-refractivity contribution in [3.63, 3.8) is 0 Å². The van der Waals surface area contributed by atoms with Gasteiger partial charge in [-0.25, -0.2) is 0 Å². The summed E-state index contributed by atoms with van der Waals surface area (Å²) in [4.78, 5) is 10.7. The van der Waals surface area contributed by atoms with Gasteiger partial charge < -0.3 is 5.11 Å². The van der Waals surface area contributed by atoms with Crippen molar-refractivity contribution in [2.75, 3.05) is 0 Å². The number of carboxylic acid groups (broad SMARTS) is 1. The molecule has 0 saturated carbocycles. The number of rotatable bonds is 7. The molecule has 0 aliphatic rings. The van der Waals surface area contributed by atoms with Crippen LogP contribution in [0.2, 0.25) is 0 Å². The Morgan fingerprint density at radius 2 is 2.08 bits per heavy atom. The van der Waals surface area contributed by atoms with E-state index in [-0.39, 0.29) is 5.92 Å². The Bertz CT molecular complexity index is 161. The minimum absolute atomic E-state index is 0.276. The monoisotopic (exact) mass is 184 g/mol. The summed E-state index contributed by atoms with van der Waals surface area (Å²) < 4.78 is 0. The number of allylic oxidation sites excluding steroid dienone is 1. The van der Waals surface area contributed by atoms with E-state index in [9.17, 15) is 4.79 Å². The van der Waals surface area contributed by atoms with E-state index in [1.165, 1.54) is 12.8 Å². The lowest BCUT2D eigenvalue weighted by molar-refractivity contribution is -0.140. The van der Waals surface area contributed by atoms with Crippen molar-refractivity contribution in [3.8, 4) is 0 Å². The Morgan fingerprint density at radius 3 is 2.54 bits per heavy atom. The molecule has 2 heteroatoms. The predicted molar refractivity (Wildman–Crippen MR) is 54.7 cm³/mol. The van der Waals surface area contributed by atoms with Crippen LogP contribution in [-0.4, -0.2) is 11.1 Å². The van der Waals surface area contributed by atoms with E-state index < -0.39 is 5.97 Å². The van der Waals surface area contributed by atoms with E-state index in [2.05, 4.69) is 6.92 Å². The van der Waals surface area contributed by atoms with Crippen molar-refractivity contribution in [3.05, 3.63) is 12.2 Å². The average Bonchev–Trinajstić information content (AvgIpc) is 2.10. The molecule has 0 bridgehead atoms. The summed E-state index contributed by atoms with van der Waals surface area (Å²) in [6, 6.07) is 0. The Morgan fingerprint density at radius 1 is 1.38 bits per heavy atom. The molecule has 1 atom stereocenters. The first-order valence-electron chi connectivity index (χ1n) is 5.08. The van der Waals surface area contributed by atoms with Crippen LogP contribution in [-0.2, 0) is 4.79 Å². The zero-order valence-electron chi connectivity index (χ0n) is 8.62. The summed E-state index contributed by atoms with van der Waals surface area (Å²) in [5.74, 6) is -0.976. The molecule has 0 aromatic rings. The Balaban J connectivity index is 3.64. The molecule has 1 unspecified atom stereocenters. The van der Waals surface area contributed by atoms with Gasteiger partial charge in [0, 0.05) is 0 Å². The van der Waals surface area contributed by atoms with Crippen molar-refractivity contribution in [2.24, 2.45) is 5.92 Å². The van der Waals surface area contributed by atoms with Gasteiger partial charge >= 0.3 is 5.97 Å². The first kappa shape index (κ1) is 12.2. The summed E-state index contributed by atoms with van der Waals surface area (Å²) in [6.07, 6.45) is 8.95. The van der Waals surface area contributed by atoms with Gasteiger partial charge in [0.05, 0.1) is 5.92 Å².